The van der Waals surface area contributed by atoms with Gasteiger partial charge >= 0.3 is 0 Å². The molecular formula is C10H12N2O. The van der Waals surface area contributed by atoms with E-state index in [9.17, 15) is 4.79 Å². The van der Waals surface area contributed by atoms with E-state index in [0.717, 1.165) is 5.56 Å². The minimum Gasteiger partial charge on any atom is -0.353 e. The molecule has 0 aliphatic carbocycles. The first-order chi connectivity index (χ1) is 6.27. The van der Waals surface area contributed by atoms with E-state index in [-0.39, 0.29) is 11.9 Å². The molecule has 2 rings (SSSR count). The van der Waals surface area contributed by atoms with Gasteiger partial charge in [-0.1, -0.05) is 6.07 Å². The van der Waals surface area contributed by atoms with Crippen molar-refractivity contribution in [2.45, 2.75) is 25.3 Å². The van der Waals surface area contributed by atoms with Crippen LogP contribution in [0.25, 0.3) is 0 Å². The van der Waals surface area contributed by atoms with Crippen LogP contribution in [0.3, 0.4) is 0 Å². The molecule has 1 aromatic rings. The van der Waals surface area contributed by atoms with Crippen molar-refractivity contribution in [3.63, 3.8) is 0 Å². The molecule has 1 fully saturated rings. The van der Waals surface area contributed by atoms with E-state index < -0.39 is 0 Å². The first kappa shape index (κ1) is 8.23. The lowest BCUT2D eigenvalue weighted by Gasteiger charge is -2.13. The molecule has 68 valence electrons. The summed E-state index contributed by atoms with van der Waals surface area (Å²) in [6.07, 6.45) is 4.17. The summed E-state index contributed by atoms with van der Waals surface area (Å²) in [6.45, 7) is 2.03. The summed E-state index contributed by atoms with van der Waals surface area (Å²) in [5.74, 6) is 0.433. The summed E-state index contributed by atoms with van der Waals surface area (Å²) in [7, 11) is 0. The molecule has 3 nitrogen and oxygen atoms in total. The van der Waals surface area contributed by atoms with Gasteiger partial charge in [0.25, 0.3) is 0 Å². The van der Waals surface area contributed by atoms with Crippen molar-refractivity contribution in [1.29, 1.82) is 0 Å². The maximum Gasteiger partial charge on any atom is 0.220 e. The fourth-order valence-corrected chi connectivity index (χ4v) is 1.79. The highest BCUT2D eigenvalue weighted by Crippen LogP contribution is 2.26. The Bertz CT molecular complexity index is 310. The van der Waals surface area contributed by atoms with Crippen molar-refractivity contribution in [1.82, 2.24) is 10.3 Å². The van der Waals surface area contributed by atoms with Crippen LogP contribution < -0.4 is 5.32 Å². The van der Waals surface area contributed by atoms with E-state index in [0.29, 0.717) is 12.3 Å². The topological polar surface area (TPSA) is 42.0 Å². The number of carbonyl (C=O) groups is 1. The molecular weight excluding hydrogens is 164 g/mol. The lowest BCUT2D eigenvalue weighted by Crippen LogP contribution is -2.24. The Balaban J connectivity index is 2.23. The molecule has 2 atom stereocenters. The highest BCUT2D eigenvalue weighted by molar-refractivity contribution is 5.80. The standard InChI is InChI=1S/C10H12N2O/c1-7-9(5-10(13)12-7)8-3-2-4-11-6-8/h2-4,6-7,9H,5H2,1H3,(H,12,13). The molecule has 0 spiro atoms. The Kier molecular flexibility index (Phi) is 2.00. The molecule has 0 bridgehead atoms. The Hall–Kier alpha value is -1.38. The number of rotatable bonds is 1. The first-order valence-corrected chi connectivity index (χ1v) is 4.46. The molecule has 2 heterocycles. The number of amides is 1. The minimum atomic E-state index is 0.140. The summed E-state index contributed by atoms with van der Waals surface area (Å²) >= 11 is 0. The van der Waals surface area contributed by atoms with Gasteiger partial charge in [-0.25, -0.2) is 0 Å². The largest absolute Gasteiger partial charge is 0.353 e. The fourth-order valence-electron chi connectivity index (χ4n) is 1.79. The van der Waals surface area contributed by atoms with Gasteiger partial charge in [-0.05, 0) is 18.6 Å². The van der Waals surface area contributed by atoms with Crippen molar-refractivity contribution in [3.05, 3.63) is 30.1 Å². The molecule has 0 radical (unpaired) electrons. The molecule has 13 heavy (non-hydrogen) atoms. The van der Waals surface area contributed by atoms with E-state index in [1.807, 2.05) is 25.3 Å². The number of aromatic nitrogens is 1. The molecule has 3 heteroatoms. The van der Waals surface area contributed by atoms with Crippen molar-refractivity contribution in [2.24, 2.45) is 0 Å². The number of hydrogen-bond acceptors (Lipinski definition) is 2. The van der Waals surface area contributed by atoms with Crippen LogP contribution in [-0.4, -0.2) is 16.9 Å². The Morgan fingerprint density at radius 2 is 2.46 bits per heavy atom. The Labute approximate surface area is 77.2 Å². The van der Waals surface area contributed by atoms with E-state index in [4.69, 9.17) is 0 Å². The SMILES string of the molecule is CC1NC(=O)CC1c1cccnc1. The quantitative estimate of drug-likeness (QED) is 0.695. The summed E-state index contributed by atoms with van der Waals surface area (Å²) < 4.78 is 0. The second-order valence-electron chi connectivity index (χ2n) is 3.45. The minimum absolute atomic E-state index is 0.140. The number of pyridine rings is 1. The number of carbonyl (C=O) groups excluding carboxylic acids is 1. The lowest BCUT2D eigenvalue weighted by molar-refractivity contribution is -0.119. The third kappa shape index (κ3) is 1.54. The molecule has 2 unspecified atom stereocenters. The van der Waals surface area contributed by atoms with Crippen molar-refractivity contribution >= 4 is 5.91 Å². The number of nitrogens with zero attached hydrogens (tertiary/aromatic N) is 1. The summed E-state index contributed by atoms with van der Waals surface area (Å²) in [5, 5.41) is 2.90. The van der Waals surface area contributed by atoms with Crippen molar-refractivity contribution in [3.8, 4) is 0 Å². The molecule has 0 aromatic carbocycles. The van der Waals surface area contributed by atoms with Gasteiger partial charge in [0, 0.05) is 30.8 Å². The highest BCUT2D eigenvalue weighted by Gasteiger charge is 2.29. The van der Waals surface area contributed by atoms with E-state index in [1.54, 1.807) is 6.20 Å². The maximum atomic E-state index is 11.1. The summed E-state index contributed by atoms with van der Waals surface area (Å²) in [6, 6.07) is 4.16. The zero-order valence-electron chi connectivity index (χ0n) is 7.53. The van der Waals surface area contributed by atoms with Gasteiger partial charge in [0.15, 0.2) is 0 Å². The second-order valence-corrected chi connectivity index (χ2v) is 3.45. The van der Waals surface area contributed by atoms with Crippen LogP contribution in [0.2, 0.25) is 0 Å². The van der Waals surface area contributed by atoms with Crippen LogP contribution >= 0.6 is 0 Å². The molecule has 1 amide bonds. The van der Waals surface area contributed by atoms with Gasteiger partial charge in [-0.15, -0.1) is 0 Å². The summed E-state index contributed by atoms with van der Waals surface area (Å²) in [5.41, 5.74) is 1.15. The van der Waals surface area contributed by atoms with Crippen LogP contribution in [-0.2, 0) is 4.79 Å². The lowest BCUT2D eigenvalue weighted by atomic mass is 9.94. The van der Waals surface area contributed by atoms with Crippen molar-refractivity contribution < 1.29 is 4.79 Å². The third-order valence-corrected chi connectivity index (χ3v) is 2.51. The molecule has 0 saturated carbocycles. The third-order valence-electron chi connectivity index (χ3n) is 2.51. The fraction of sp³-hybridized carbons (Fsp3) is 0.400. The molecule has 1 aliphatic heterocycles. The van der Waals surface area contributed by atoms with Gasteiger partial charge in [-0.2, -0.15) is 0 Å². The van der Waals surface area contributed by atoms with E-state index >= 15 is 0 Å². The van der Waals surface area contributed by atoms with Crippen LogP contribution in [0.1, 0.15) is 24.8 Å². The maximum absolute atomic E-state index is 11.1. The van der Waals surface area contributed by atoms with E-state index in [2.05, 4.69) is 10.3 Å². The van der Waals surface area contributed by atoms with Gasteiger partial charge in [0.1, 0.15) is 0 Å². The predicted molar refractivity (Wildman–Crippen MR) is 49.2 cm³/mol. The van der Waals surface area contributed by atoms with Gasteiger partial charge in [-0.3, -0.25) is 9.78 Å². The van der Waals surface area contributed by atoms with Gasteiger partial charge in [0.2, 0.25) is 5.91 Å². The van der Waals surface area contributed by atoms with Crippen LogP contribution in [0, 0.1) is 0 Å². The molecule has 1 saturated heterocycles. The van der Waals surface area contributed by atoms with E-state index in [1.165, 1.54) is 0 Å². The zero-order valence-corrected chi connectivity index (χ0v) is 7.53. The Morgan fingerprint density at radius 3 is 3.00 bits per heavy atom. The number of nitrogens with one attached hydrogen (secondary N) is 1. The molecule has 1 aromatic heterocycles. The highest BCUT2D eigenvalue weighted by atomic mass is 16.1. The van der Waals surface area contributed by atoms with Crippen molar-refractivity contribution in [2.75, 3.05) is 0 Å². The molecule has 1 aliphatic rings. The number of hydrogen-bond donors (Lipinski definition) is 1. The van der Waals surface area contributed by atoms with Crippen LogP contribution in [0.15, 0.2) is 24.5 Å². The summed E-state index contributed by atoms with van der Waals surface area (Å²) in [4.78, 5) is 15.2. The van der Waals surface area contributed by atoms with Crippen LogP contribution in [0.4, 0.5) is 0 Å². The smallest absolute Gasteiger partial charge is 0.220 e. The average molecular weight is 176 g/mol. The molecule has 1 N–H and O–H groups in total. The average Bonchev–Trinajstić information content (AvgIpc) is 2.47. The van der Waals surface area contributed by atoms with Gasteiger partial charge < -0.3 is 5.32 Å². The zero-order chi connectivity index (χ0) is 9.26. The Morgan fingerprint density at radius 1 is 1.62 bits per heavy atom. The normalized spacial score (nSPS) is 27.3. The second kappa shape index (κ2) is 3.17. The first-order valence-electron chi connectivity index (χ1n) is 4.46. The monoisotopic (exact) mass is 176 g/mol. The predicted octanol–water partition coefficient (Wildman–Crippen LogP) is 1.07. The van der Waals surface area contributed by atoms with Crippen LogP contribution in [0.5, 0.6) is 0 Å². The van der Waals surface area contributed by atoms with Gasteiger partial charge in [0.05, 0.1) is 0 Å².